The predicted octanol–water partition coefficient (Wildman–Crippen LogP) is 15.0. The molecular formula is C56H50N6O. The third kappa shape index (κ3) is 10.1. The maximum atomic E-state index is 10.0. The molecule has 3 N–H and O–H groups in total. The van der Waals surface area contributed by atoms with Crippen LogP contribution in [0.25, 0.3) is 59.3 Å². The van der Waals surface area contributed by atoms with E-state index in [0.717, 1.165) is 86.2 Å². The van der Waals surface area contributed by atoms with Gasteiger partial charge in [-0.25, -0.2) is 14.7 Å². The first-order valence-corrected chi connectivity index (χ1v) is 21.2. The molecule has 0 unspecified atom stereocenters. The number of aromatic nitrogens is 2. The van der Waals surface area contributed by atoms with E-state index >= 15 is 0 Å². The van der Waals surface area contributed by atoms with Crippen molar-refractivity contribution in [2.24, 2.45) is 11.8 Å². The van der Waals surface area contributed by atoms with Crippen molar-refractivity contribution in [3.8, 4) is 17.1 Å². The minimum absolute atomic E-state index is 0.478. The van der Waals surface area contributed by atoms with Crippen molar-refractivity contribution < 1.29 is 4.79 Å². The van der Waals surface area contributed by atoms with Crippen molar-refractivity contribution in [1.82, 2.24) is 9.55 Å². The van der Waals surface area contributed by atoms with Gasteiger partial charge in [0.15, 0.2) is 11.4 Å². The molecule has 7 nitrogen and oxygen atoms in total. The van der Waals surface area contributed by atoms with Crippen molar-refractivity contribution in [3.05, 3.63) is 209 Å². The summed E-state index contributed by atoms with van der Waals surface area (Å²) in [7, 11) is 0. The molecule has 0 atom stereocenters. The fourth-order valence-corrected chi connectivity index (χ4v) is 7.79. The molecule has 310 valence electrons. The van der Waals surface area contributed by atoms with E-state index in [1.807, 2.05) is 91.0 Å². The molecule has 9 rings (SSSR count). The number of nitrogens with one attached hydrogen (secondary N) is 1. The smallest absolute Gasteiger partial charge is 0.187 e. The monoisotopic (exact) mass is 822 g/mol. The molecule has 0 radical (unpaired) electrons. The normalized spacial score (nSPS) is 10.7. The summed E-state index contributed by atoms with van der Waals surface area (Å²) in [4.78, 5) is 22.3. The van der Waals surface area contributed by atoms with Gasteiger partial charge in [0, 0.05) is 33.3 Å². The van der Waals surface area contributed by atoms with E-state index in [2.05, 4.69) is 114 Å². The van der Waals surface area contributed by atoms with Gasteiger partial charge in [0.1, 0.15) is 12.1 Å². The van der Waals surface area contributed by atoms with Gasteiger partial charge in [0.05, 0.1) is 35.6 Å². The summed E-state index contributed by atoms with van der Waals surface area (Å²) in [5, 5.41) is 8.14. The topological polar surface area (TPSA) is 81.7 Å². The lowest BCUT2D eigenvalue weighted by Crippen LogP contribution is -2.05. The molecule has 1 heterocycles. The van der Waals surface area contributed by atoms with Gasteiger partial charge in [0.25, 0.3) is 0 Å². The first kappa shape index (κ1) is 43.1. The van der Waals surface area contributed by atoms with E-state index in [4.69, 9.17) is 23.9 Å². The Morgan fingerprint density at radius 2 is 1.19 bits per heavy atom. The van der Waals surface area contributed by atoms with Gasteiger partial charge in [-0.05, 0) is 70.8 Å². The quantitative estimate of drug-likeness (QED) is 0.0863. The average molecular weight is 823 g/mol. The number of rotatable bonds is 9. The predicted molar refractivity (Wildman–Crippen MR) is 264 cm³/mol. The Kier molecular flexibility index (Phi) is 13.7. The summed E-state index contributed by atoms with van der Waals surface area (Å²) in [6.07, 6.45) is 2.65. The maximum Gasteiger partial charge on any atom is 0.187 e. The van der Waals surface area contributed by atoms with Crippen LogP contribution >= 0.6 is 0 Å². The van der Waals surface area contributed by atoms with Crippen LogP contribution in [0.3, 0.4) is 0 Å². The van der Waals surface area contributed by atoms with Crippen LogP contribution in [0, 0.1) is 25.0 Å². The fraction of sp³-hybridized carbons (Fsp3) is 0.143. The highest BCUT2D eigenvalue weighted by Crippen LogP contribution is 2.37. The number of nitrogens with two attached hydrogens (primary N) is 1. The van der Waals surface area contributed by atoms with Crippen molar-refractivity contribution in [1.29, 1.82) is 0 Å². The summed E-state index contributed by atoms with van der Waals surface area (Å²) in [6.45, 7) is 23.5. The molecule has 0 amide bonds. The van der Waals surface area contributed by atoms with E-state index in [-0.39, 0.29) is 0 Å². The summed E-state index contributed by atoms with van der Waals surface area (Å²) in [5.74, 6) is 1.91. The lowest BCUT2D eigenvalue weighted by atomic mass is 10.00. The molecule has 0 saturated carbocycles. The Morgan fingerprint density at radius 3 is 1.83 bits per heavy atom. The zero-order valence-electron chi connectivity index (χ0n) is 36.1. The average Bonchev–Trinajstić information content (AvgIpc) is 3.71. The Bertz CT molecular complexity index is 3100. The molecule has 7 heteroatoms. The lowest BCUT2D eigenvalue weighted by molar-refractivity contribution is 0.112. The zero-order valence-corrected chi connectivity index (χ0v) is 36.1. The SMILES string of the molecule is O=Cc1ccccc1.[C-]#[N+]c1ccc(-n2c(-c3ccccc3)nc3ccc4ccccc4c32)c(CC(C)C)c1.[C-]#[N+]c1ccc(Nc2c(N)ccc3ccccc23)c(CC(C)C)c1. The molecule has 0 aliphatic carbocycles. The number of aldehydes is 1. The highest BCUT2D eigenvalue weighted by molar-refractivity contribution is 6.06. The second kappa shape index (κ2) is 20.0. The number of anilines is 3. The second-order valence-corrected chi connectivity index (χ2v) is 16.3. The molecule has 8 aromatic carbocycles. The first-order valence-electron chi connectivity index (χ1n) is 21.2. The van der Waals surface area contributed by atoms with Gasteiger partial charge in [0.2, 0.25) is 0 Å². The van der Waals surface area contributed by atoms with Crippen LogP contribution in [-0.2, 0) is 12.8 Å². The van der Waals surface area contributed by atoms with E-state index in [9.17, 15) is 4.79 Å². The molecule has 0 saturated heterocycles. The van der Waals surface area contributed by atoms with Gasteiger partial charge in [-0.15, -0.1) is 0 Å². The van der Waals surface area contributed by atoms with Crippen LogP contribution in [0.1, 0.15) is 49.2 Å². The molecular weight excluding hydrogens is 773 g/mol. The van der Waals surface area contributed by atoms with E-state index in [1.54, 1.807) is 12.1 Å². The van der Waals surface area contributed by atoms with Gasteiger partial charge < -0.3 is 11.1 Å². The largest absolute Gasteiger partial charge is 0.397 e. The van der Waals surface area contributed by atoms with Crippen LogP contribution in [-0.4, -0.2) is 15.8 Å². The van der Waals surface area contributed by atoms with Gasteiger partial charge in [-0.3, -0.25) is 9.36 Å². The van der Waals surface area contributed by atoms with Gasteiger partial charge in [-0.2, -0.15) is 0 Å². The molecule has 9 aromatic rings. The highest BCUT2D eigenvalue weighted by atomic mass is 16.1. The van der Waals surface area contributed by atoms with Gasteiger partial charge in [-0.1, -0.05) is 173 Å². The minimum Gasteiger partial charge on any atom is -0.397 e. The number of nitrogen functional groups attached to an aromatic ring is 1. The lowest BCUT2D eigenvalue weighted by Gasteiger charge is -2.17. The Labute approximate surface area is 370 Å². The number of carbonyl (C=O) groups excluding carboxylic acids is 1. The Morgan fingerprint density at radius 1 is 0.635 bits per heavy atom. The van der Waals surface area contributed by atoms with E-state index in [1.165, 1.54) is 16.3 Å². The number of fused-ring (bicyclic) bond motifs is 4. The molecule has 0 aliphatic rings. The number of hydrogen-bond donors (Lipinski definition) is 2. The van der Waals surface area contributed by atoms with Crippen molar-refractivity contribution in [3.63, 3.8) is 0 Å². The van der Waals surface area contributed by atoms with Crippen LogP contribution < -0.4 is 11.1 Å². The number of hydrogen-bond acceptors (Lipinski definition) is 4. The molecule has 63 heavy (non-hydrogen) atoms. The minimum atomic E-state index is 0.478. The molecule has 1 aromatic heterocycles. The van der Waals surface area contributed by atoms with Crippen molar-refractivity contribution >= 4 is 67.3 Å². The number of imidazole rings is 1. The van der Waals surface area contributed by atoms with Crippen molar-refractivity contribution in [2.45, 2.75) is 40.5 Å². The third-order valence-corrected chi connectivity index (χ3v) is 10.6. The highest BCUT2D eigenvalue weighted by Gasteiger charge is 2.19. The summed E-state index contributed by atoms with van der Waals surface area (Å²) in [5.41, 5.74) is 17.5. The number of nitrogens with zero attached hydrogens (tertiary/aromatic N) is 4. The molecule has 0 aliphatic heterocycles. The number of benzene rings is 8. The van der Waals surface area contributed by atoms with E-state index in [0.29, 0.717) is 23.2 Å². The van der Waals surface area contributed by atoms with E-state index < -0.39 is 0 Å². The van der Waals surface area contributed by atoms with Crippen molar-refractivity contribution in [2.75, 3.05) is 11.1 Å². The van der Waals surface area contributed by atoms with Crippen LogP contribution in [0.2, 0.25) is 0 Å². The molecule has 0 fully saturated rings. The summed E-state index contributed by atoms with van der Waals surface area (Å²) in [6, 6.07) is 56.1. The van der Waals surface area contributed by atoms with Gasteiger partial charge >= 0.3 is 0 Å². The molecule has 0 bridgehead atoms. The third-order valence-electron chi connectivity index (χ3n) is 10.6. The summed E-state index contributed by atoms with van der Waals surface area (Å²) >= 11 is 0. The van der Waals surface area contributed by atoms with Crippen LogP contribution in [0.4, 0.5) is 28.4 Å². The molecule has 0 spiro atoms. The maximum absolute atomic E-state index is 10.0. The second-order valence-electron chi connectivity index (χ2n) is 16.3. The fourth-order valence-electron chi connectivity index (χ4n) is 7.79. The summed E-state index contributed by atoms with van der Waals surface area (Å²) < 4.78 is 2.29. The van der Waals surface area contributed by atoms with Crippen LogP contribution in [0.15, 0.2) is 170 Å². The Hall–Kier alpha value is -8.00. The number of carbonyl (C=O) groups is 1. The Balaban J connectivity index is 0.000000164. The van der Waals surface area contributed by atoms with Crippen LogP contribution in [0.5, 0.6) is 0 Å². The zero-order chi connectivity index (χ0) is 44.3. The standard InChI is InChI=1S/C28H23N3.C21H21N3.C7H6O/c1-19(2)17-22-18-23(29-3)14-16-26(22)31-27-24-12-8-7-9-20(24)13-15-25(27)30-28(31)21-10-5-4-6-11-21;1-14(2)12-16-13-17(23-3)9-11-20(16)24-21-18-7-5-4-6-15(18)8-10-19(21)22;8-6-7-4-2-1-3-5-7/h4-16,18-19H,17H2,1-2H3;4-11,13-14,24H,12,22H2,1-2H3;1-6H. The first-order chi connectivity index (χ1) is 30.7.